The molecular weight excluding hydrogens is 455 g/mol. The number of para-hydroxylation sites is 1. The van der Waals surface area contributed by atoms with Crippen LogP contribution in [0.1, 0.15) is 11.1 Å². The van der Waals surface area contributed by atoms with Crippen LogP contribution in [-0.4, -0.2) is 52.7 Å². The predicted molar refractivity (Wildman–Crippen MR) is 119 cm³/mol. The lowest BCUT2D eigenvalue weighted by Crippen LogP contribution is -2.38. The van der Waals surface area contributed by atoms with Crippen LogP contribution in [0.15, 0.2) is 59.8 Å². The van der Waals surface area contributed by atoms with Crippen LogP contribution in [0.4, 0.5) is 24.8 Å². The minimum atomic E-state index is -4.56. The number of amides is 1. The summed E-state index contributed by atoms with van der Waals surface area (Å²) in [4.78, 5) is 14.5. The fourth-order valence-electron chi connectivity index (χ4n) is 3.45. The molecule has 0 radical (unpaired) electrons. The average Bonchev–Trinajstić information content (AvgIpc) is 3.21. The normalized spacial score (nSPS) is 14.3. The van der Waals surface area contributed by atoms with E-state index in [0.717, 1.165) is 23.4 Å². The number of anilines is 2. The standard InChI is InChI=1S/C22H22F3N5O2S/c23-22(24,25)17-8-4-5-9-18(17)26-19(31)15-33-21-28-27-20(29-10-12-32-13-11-29)30(21)14-16-6-2-1-3-7-16/h1-9H,10-15H2,(H,26,31). The Balaban J connectivity index is 1.50. The smallest absolute Gasteiger partial charge is 0.378 e. The monoisotopic (exact) mass is 477 g/mol. The maximum absolute atomic E-state index is 13.2. The summed E-state index contributed by atoms with van der Waals surface area (Å²) in [5.41, 5.74) is -0.113. The Hall–Kier alpha value is -3.05. The van der Waals surface area contributed by atoms with Gasteiger partial charge in [0.15, 0.2) is 5.16 Å². The molecule has 1 aliphatic rings. The second kappa shape index (κ2) is 10.3. The van der Waals surface area contributed by atoms with Gasteiger partial charge in [-0.3, -0.25) is 9.36 Å². The number of benzene rings is 2. The number of aromatic nitrogens is 3. The molecule has 0 unspecified atom stereocenters. The highest BCUT2D eigenvalue weighted by atomic mass is 32.2. The SMILES string of the molecule is O=C(CSc1nnc(N2CCOCC2)n1Cc1ccccc1)Nc1ccccc1C(F)(F)F. The number of hydrogen-bond acceptors (Lipinski definition) is 6. The van der Waals surface area contributed by atoms with Gasteiger partial charge in [0.05, 0.1) is 36.8 Å². The molecular formula is C22H22F3N5O2S. The van der Waals surface area contributed by atoms with Crippen molar-refractivity contribution in [3.8, 4) is 0 Å². The van der Waals surface area contributed by atoms with E-state index in [1.807, 2.05) is 34.9 Å². The number of halogens is 3. The molecule has 0 spiro atoms. The first-order valence-corrected chi connectivity index (χ1v) is 11.3. The number of carbonyl (C=O) groups excluding carboxylic acids is 1. The zero-order valence-electron chi connectivity index (χ0n) is 17.6. The van der Waals surface area contributed by atoms with Gasteiger partial charge in [0.1, 0.15) is 0 Å². The van der Waals surface area contributed by atoms with Crippen molar-refractivity contribution in [3.63, 3.8) is 0 Å². The summed E-state index contributed by atoms with van der Waals surface area (Å²) in [6.07, 6.45) is -4.56. The van der Waals surface area contributed by atoms with Crippen molar-refractivity contribution in [2.45, 2.75) is 17.9 Å². The number of carbonyl (C=O) groups is 1. The van der Waals surface area contributed by atoms with E-state index in [1.54, 1.807) is 0 Å². The molecule has 2 aromatic carbocycles. The number of thioether (sulfide) groups is 1. The Bertz CT molecular complexity index is 1090. The number of alkyl halides is 3. The Morgan fingerprint density at radius 2 is 1.73 bits per heavy atom. The summed E-state index contributed by atoms with van der Waals surface area (Å²) in [7, 11) is 0. The van der Waals surface area contributed by atoms with Crippen LogP contribution in [0.5, 0.6) is 0 Å². The molecule has 174 valence electrons. The summed E-state index contributed by atoms with van der Waals surface area (Å²) in [6.45, 7) is 3.02. The van der Waals surface area contributed by atoms with E-state index >= 15 is 0 Å². The quantitative estimate of drug-likeness (QED) is 0.521. The zero-order chi connectivity index (χ0) is 23.3. The second-order valence-electron chi connectivity index (χ2n) is 7.33. The van der Waals surface area contributed by atoms with E-state index in [9.17, 15) is 18.0 Å². The van der Waals surface area contributed by atoms with Gasteiger partial charge in [-0.15, -0.1) is 10.2 Å². The largest absolute Gasteiger partial charge is 0.418 e. The van der Waals surface area contributed by atoms with Gasteiger partial charge >= 0.3 is 6.18 Å². The molecule has 1 aliphatic heterocycles. The molecule has 1 fully saturated rings. The molecule has 0 bridgehead atoms. The fraction of sp³-hybridized carbons (Fsp3) is 0.318. The van der Waals surface area contributed by atoms with E-state index in [0.29, 0.717) is 44.0 Å². The predicted octanol–water partition coefficient (Wildman–Crippen LogP) is 3.91. The molecule has 1 saturated heterocycles. The molecule has 1 aromatic heterocycles. The molecule has 0 atom stereocenters. The van der Waals surface area contributed by atoms with Crippen molar-refractivity contribution >= 4 is 29.3 Å². The number of rotatable bonds is 7. The maximum Gasteiger partial charge on any atom is 0.418 e. The van der Waals surface area contributed by atoms with Crippen molar-refractivity contribution < 1.29 is 22.7 Å². The molecule has 1 amide bonds. The van der Waals surface area contributed by atoms with Gasteiger partial charge in [-0.1, -0.05) is 54.2 Å². The van der Waals surface area contributed by atoms with Crippen LogP contribution in [0.25, 0.3) is 0 Å². The fourth-order valence-corrected chi connectivity index (χ4v) is 4.18. The lowest BCUT2D eigenvalue weighted by Gasteiger charge is -2.28. The van der Waals surface area contributed by atoms with Crippen molar-refractivity contribution in [2.75, 3.05) is 42.3 Å². The minimum Gasteiger partial charge on any atom is -0.378 e. The van der Waals surface area contributed by atoms with Crippen LogP contribution < -0.4 is 10.2 Å². The molecule has 3 aromatic rings. The van der Waals surface area contributed by atoms with Crippen LogP contribution in [0.3, 0.4) is 0 Å². The maximum atomic E-state index is 13.2. The van der Waals surface area contributed by atoms with Crippen LogP contribution >= 0.6 is 11.8 Å². The zero-order valence-corrected chi connectivity index (χ0v) is 18.4. The van der Waals surface area contributed by atoms with Gasteiger partial charge in [-0.05, 0) is 17.7 Å². The summed E-state index contributed by atoms with van der Waals surface area (Å²) < 4.78 is 46.9. The van der Waals surface area contributed by atoms with Gasteiger partial charge in [0.25, 0.3) is 0 Å². The molecule has 2 heterocycles. The van der Waals surface area contributed by atoms with E-state index in [4.69, 9.17) is 4.74 Å². The first-order valence-electron chi connectivity index (χ1n) is 10.3. The Morgan fingerprint density at radius 3 is 2.45 bits per heavy atom. The summed E-state index contributed by atoms with van der Waals surface area (Å²) >= 11 is 1.13. The average molecular weight is 478 g/mol. The minimum absolute atomic E-state index is 0.109. The topological polar surface area (TPSA) is 72.3 Å². The van der Waals surface area contributed by atoms with Crippen molar-refractivity contribution in [1.82, 2.24) is 14.8 Å². The highest BCUT2D eigenvalue weighted by Crippen LogP contribution is 2.34. The van der Waals surface area contributed by atoms with Gasteiger partial charge in [-0.2, -0.15) is 13.2 Å². The van der Waals surface area contributed by atoms with Crippen molar-refractivity contribution in [3.05, 3.63) is 65.7 Å². The van der Waals surface area contributed by atoms with E-state index < -0.39 is 17.6 Å². The van der Waals surface area contributed by atoms with Gasteiger partial charge in [0, 0.05) is 13.1 Å². The van der Waals surface area contributed by atoms with E-state index in [-0.39, 0.29) is 11.4 Å². The highest BCUT2D eigenvalue weighted by molar-refractivity contribution is 7.99. The number of nitrogens with zero attached hydrogens (tertiary/aromatic N) is 4. The molecule has 11 heteroatoms. The van der Waals surface area contributed by atoms with Crippen LogP contribution in [0.2, 0.25) is 0 Å². The lowest BCUT2D eigenvalue weighted by molar-refractivity contribution is -0.137. The second-order valence-corrected chi connectivity index (χ2v) is 8.28. The van der Waals surface area contributed by atoms with Crippen molar-refractivity contribution in [1.29, 1.82) is 0 Å². The van der Waals surface area contributed by atoms with E-state index in [2.05, 4.69) is 20.4 Å². The van der Waals surface area contributed by atoms with Crippen LogP contribution in [-0.2, 0) is 22.3 Å². The third-order valence-electron chi connectivity index (χ3n) is 5.01. The number of ether oxygens (including phenoxy) is 1. The molecule has 7 nitrogen and oxygen atoms in total. The van der Waals surface area contributed by atoms with Crippen molar-refractivity contribution in [2.24, 2.45) is 0 Å². The number of hydrogen-bond donors (Lipinski definition) is 1. The molecule has 4 rings (SSSR count). The van der Waals surface area contributed by atoms with Gasteiger partial charge in [0.2, 0.25) is 11.9 Å². The molecule has 1 N–H and O–H groups in total. The third kappa shape index (κ3) is 5.85. The third-order valence-corrected chi connectivity index (χ3v) is 5.98. The number of morpholine rings is 1. The Morgan fingerprint density at radius 1 is 1.03 bits per heavy atom. The summed E-state index contributed by atoms with van der Waals surface area (Å²) in [5.74, 6) is 0.00810. The van der Waals surface area contributed by atoms with E-state index in [1.165, 1.54) is 18.2 Å². The first kappa shape index (κ1) is 23.1. The summed E-state index contributed by atoms with van der Waals surface area (Å²) in [5, 5.41) is 11.5. The van der Waals surface area contributed by atoms with Gasteiger partial charge in [-0.25, -0.2) is 0 Å². The first-order chi connectivity index (χ1) is 15.9. The molecule has 33 heavy (non-hydrogen) atoms. The molecule has 0 aliphatic carbocycles. The Labute approximate surface area is 192 Å². The lowest BCUT2D eigenvalue weighted by atomic mass is 10.1. The van der Waals surface area contributed by atoms with Gasteiger partial charge < -0.3 is 15.0 Å². The summed E-state index contributed by atoms with van der Waals surface area (Å²) in [6, 6.07) is 14.7. The molecule has 0 saturated carbocycles. The Kier molecular flexibility index (Phi) is 7.19. The number of nitrogens with one attached hydrogen (secondary N) is 1. The van der Waals surface area contributed by atoms with Crippen LogP contribution in [0, 0.1) is 0 Å². The highest BCUT2D eigenvalue weighted by Gasteiger charge is 2.33.